The number of ether oxygens (including phenoxy) is 1. The molecule has 2 aromatic rings. The number of aryl methyl sites for hydroxylation is 2. The van der Waals surface area contributed by atoms with Crippen LogP contribution in [0.4, 0.5) is 9.18 Å². The van der Waals surface area contributed by atoms with Gasteiger partial charge < -0.3 is 9.64 Å². The van der Waals surface area contributed by atoms with E-state index < -0.39 is 22.7 Å². The fourth-order valence-electron chi connectivity index (χ4n) is 2.32. The quantitative estimate of drug-likeness (QED) is 0.748. The second-order valence-electron chi connectivity index (χ2n) is 6.07. The van der Waals surface area contributed by atoms with Gasteiger partial charge in [-0.3, -0.25) is 9.00 Å². The monoisotopic (exact) mass is 377 g/mol. The third-order valence-corrected chi connectivity index (χ3v) is 5.00. The van der Waals surface area contributed by atoms with E-state index in [0.29, 0.717) is 27.3 Å². The Morgan fingerprint density at radius 2 is 1.62 bits per heavy atom. The summed E-state index contributed by atoms with van der Waals surface area (Å²) in [6.45, 7) is 3.47. The summed E-state index contributed by atoms with van der Waals surface area (Å²) in [6.07, 6.45) is -0.507. The molecule has 1 atom stereocenters. The molecule has 2 rings (SSSR count). The van der Waals surface area contributed by atoms with Gasteiger partial charge in [-0.2, -0.15) is 0 Å². The second-order valence-corrected chi connectivity index (χ2v) is 7.52. The van der Waals surface area contributed by atoms with Crippen molar-refractivity contribution in [3.05, 3.63) is 58.9 Å². The fourth-order valence-corrected chi connectivity index (χ4v) is 3.33. The first-order chi connectivity index (χ1) is 12.2. The van der Waals surface area contributed by atoms with Crippen molar-refractivity contribution in [2.24, 2.45) is 0 Å². The van der Waals surface area contributed by atoms with Crippen molar-refractivity contribution in [3.63, 3.8) is 0 Å². The van der Waals surface area contributed by atoms with Crippen LogP contribution in [0.3, 0.4) is 0 Å². The highest BCUT2D eigenvalue weighted by Crippen LogP contribution is 2.26. The van der Waals surface area contributed by atoms with E-state index in [1.54, 1.807) is 40.1 Å². The summed E-state index contributed by atoms with van der Waals surface area (Å²) >= 11 is 0. The fraction of sp³-hybridized carbons (Fsp3) is 0.263. The highest BCUT2D eigenvalue weighted by atomic mass is 32.2. The second kappa shape index (κ2) is 8.23. The zero-order chi connectivity index (χ0) is 19.4. The maximum atomic E-state index is 12.9. The van der Waals surface area contributed by atoms with Crippen molar-refractivity contribution >= 4 is 22.7 Å². The van der Waals surface area contributed by atoms with Crippen LogP contribution in [-0.4, -0.2) is 40.8 Å². The molecule has 0 aliphatic carbocycles. The molecule has 26 heavy (non-hydrogen) atoms. The smallest absolute Gasteiger partial charge is 0.410 e. The van der Waals surface area contributed by atoms with E-state index in [1.807, 2.05) is 0 Å². The van der Waals surface area contributed by atoms with Crippen LogP contribution < -0.4 is 4.74 Å². The molecule has 0 unspecified atom stereocenters. The van der Waals surface area contributed by atoms with Crippen LogP contribution >= 0.6 is 0 Å². The number of benzene rings is 2. The van der Waals surface area contributed by atoms with Gasteiger partial charge in [0, 0.05) is 24.6 Å². The number of Topliss-reactive ketones (excluding diaryl/α,β-unsaturated/α-hetero) is 1. The Balaban J connectivity index is 2.18. The molecule has 0 saturated carbocycles. The lowest BCUT2D eigenvalue weighted by Gasteiger charge is -2.15. The van der Waals surface area contributed by atoms with E-state index in [2.05, 4.69) is 0 Å². The highest BCUT2D eigenvalue weighted by Gasteiger charge is 2.17. The summed E-state index contributed by atoms with van der Waals surface area (Å²) in [4.78, 5) is 25.9. The third-order valence-electron chi connectivity index (χ3n) is 3.68. The normalized spacial score (nSPS) is 11.7. The number of amides is 1. The molecule has 0 saturated heterocycles. The van der Waals surface area contributed by atoms with Gasteiger partial charge >= 0.3 is 6.09 Å². The molecular weight excluding hydrogens is 357 g/mol. The minimum atomic E-state index is -1.56. The molecule has 0 radical (unpaired) electrons. The van der Waals surface area contributed by atoms with E-state index >= 15 is 0 Å². The summed E-state index contributed by atoms with van der Waals surface area (Å²) < 4.78 is 30.5. The van der Waals surface area contributed by atoms with Crippen molar-refractivity contribution in [1.82, 2.24) is 4.90 Å². The number of carbonyl (C=O) groups excluding carboxylic acids is 2. The minimum Gasteiger partial charge on any atom is -0.410 e. The van der Waals surface area contributed by atoms with Crippen molar-refractivity contribution in [3.8, 4) is 5.75 Å². The molecule has 0 spiro atoms. The van der Waals surface area contributed by atoms with E-state index in [9.17, 15) is 18.2 Å². The molecule has 1 amide bonds. The number of carbonyl (C=O) groups is 2. The van der Waals surface area contributed by atoms with Gasteiger partial charge in [0.1, 0.15) is 11.6 Å². The first-order valence-electron chi connectivity index (χ1n) is 7.86. The lowest BCUT2D eigenvalue weighted by molar-refractivity contribution is 0.102. The molecule has 0 aliphatic rings. The van der Waals surface area contributed by atoms with Gasteiger partial charge in [-0.05, 0) is 61.4 Å². The molecule has 0 bridgehead atoms. The zero-order valence-electron chi connectivity index (χ0n) is 15.0. The zero-order valence-corrected chi connectivity index (χ0v) is 15.9. The number of ketones is 1. The van der Waals surface area contributed by atoms with Gasteiger partial charge in [0.05, 0.1) is 16.6 Å². The van der Waals surface area contributed by atoms with Crippen LogP contribution in [0.1, 0.15) is 21.5 Å². The SMILES string of the molecule is Cc1cc(C(=O)C[S@@](=O)c2ccc(F)cc2)cc(C)c1OC(=O)N(C)C. The largest absolute Gasteiger partial charge is 0.414 e. The first-order valence-corrected chi connectivity index (χ1v) is 9.18. The standard InChI is InChI=1S/C19H20FNO4S/c1-12-9-14(10-13(2)18(12)25-19(23)21(3)4)17(22)11-26(24)16-7-5-15(20)6-8-16/h5-10H,11H2,1-4H3/t26-/m1/s1. The van der Waals surface area contributed by atoms with Gasteiger partial charge in [-0.1, -0.05) is 0 Å². The Labute approximate surface area is 154 Å². The average molecular weight is 377 g/mol. The molecular formula is C19H20FNO4S. The number of halogens is 1. The maximum absolute atomic E-state index is 12.9. The number of nitrogens with zero attached hydrogens (tertiary/aromatic N) is 1. The lowest BCUT2D eigenvalue weighted by atomic mass is 10.0. The van der Waals surface area contributed by atoms with Crippen LogP contribution in [0.15, 0.2) is 41.3 Å². The van der Waals surface area contributed by atoms with Crippen LogP contribution in [0.25, 0.3) is 0 Å². The molecule has 2 aromatic carbocycles. The summed E-state index contributed by atoms with van der Waals surface area (Å²) in [7, 11) is 1.59. The van der Waals surface area contributed by atoms with Crippen molar-refractivity contribution in [1.29, 1.82) is 0 Å². The van der Waals surface area contributed by atoms with Crippen molar-refractivity contribution < 1.29 is 22.9 Å². The lowest BCUT2D eigenvalue weighted by Crippen LogP contribution is -2.26. The van der Waals surface area contributed by atoms with E-state index in [1.165, 1.54) is 29.2 Å². The van der Waals surface area contributed by atoms with E-state index in [-0.39, 0.29) is 11.5 Å². The van der Waals surface area contributed by atoms with Crippen LogP contribution in [-0.2, 0) is 10.8 Å². The predicted octanol–water partition coefficient (Wildman–Crippen LogP) is 3.49. The molecule has 5 nitrogen and oxygen atoms in total. The number of hydrogen-bond acceptors (Lipinski definition) is 4. The average Bonchev–Trinajstić information content (AvgIpc) is 2.57. The van der Waals surface area contributed by atoms with Crippen molar-refractivity contribution in [2.75, 3.05) is 19.8 Å². The van der Waals surface area contributed by atoms with Gasteiger partial charge in [0.2, 0.25) is 0 Å². The van der Waals surface area contributed by atoms with Crippen LogP contribution in [0, 0.1) is 19.7 Å². The van der Waals surface area contributed by atoms with Gasteiger partial charge in [0.15, 0.2) is 5.78 Å². The van der Waals surface area contributed by atoms with E-state index in [0.717, 1.165) is 0 Å². The van der Waals surface area contributed by atoms with Crippen LogP contribution in [0.2, 0.25) is 0 Å². The third kappa shape index (κ3) is 4.76. The van der Waals surface area contributed by atoms with Crippen molar-refractivity contribution in [2.45, 2.75) is 18.7 Å². The summed E-state index contributed by atoms with van der Waals surface area (Å²) in [6, 6.07) is 8.43. The summed E-state index contributed by atoms with van der Waals surface area (Å²) in [5.74, 6) is -0.531. The molecule has 0 aromatic heterocycles. The minimum absolute atomic E-state index is 0.207. The molecule has 0 heterocycles. The molecule has 138 valence electrons. The Bertz CT molecular complexity index is 839. The molecule has 0 fully saturated rings. The highest BCUT2D eigenvalue weighted by molar-refractivity contribution is 7.85. The topological polar surface area (TPSA) is 63.7 Å². The van der Waals surface area contributed by atoms with Crippen LogP contribution in [0.5, 0.6) is 5.75 Å². The predicted molar refractivity (Wildman–Crippen MR) is 97.6 cm³/mol. The molecule has 0 N–H and O–H groups in total. The molecule has 0 aliphatic heterocycles. The Kier molecular flexibility index (Phi) is 6.26. The van der Waals surface area contributed by atoms with E-state index in [4.69, 9.17) is 4.74 Å². The van der Waals surface area contributed by atoms with Gasteiger partial charge in [-0.25, -0.2) is 9.18 Å². The Hall–Kier alpha value is -2.54. The summed E-state index contributed by atoms with van der Waals surface area (Å²) in [5, 5.41) is 0. The maximum Gasteiger partial charge on any atom is 0.414 e. The first kappa shape index (κ1) is 19.8. The van der Waals surface area contributed by atoms with Gasteiger partial charge in [-0.15, -0.1) is 0 Å². The number of rotatable bonds is 5. The Morgan fingerprint density at radius 3 is 2.12 bits per heavy atom. The van der Waals surface area contributed by atoms with Gasteiger partial charge in [0.25, 0.3) is 0 Å². The Morgan fingerprint density at radius 1 is 1.08 bits per heavy atom. The summed E-state index contributed by atoms with van der Waals surface area (Å²) in [5.41, 5.74) is 1.66. The molecule has 7 heteroatoms. The number of hydrogen-bond donors (Lipinski definition) is 0.